The van der Waals surface area contributed by atoms with Gasteiger partial charge in [0.05, 0.1) is 11.6 Å². The average Bonchev–Trinajstić information content (AvgIpc) is 2.71. The van der Waals surface area contributed by atoms with Gasteiger partial charge in [-0.05, 0) is 44.2 Å². The monoisotopic (exact) mass is 457 g/mol. The van der Waals surface area contributed by atoms with Gasteiger partial charge >= 0.3 is 0 Å². The van der Waals surface area contributed by atoms with Gasteiger partial charge in [-0.1, -0.05) is 0 Å². The number of piperazine rings is 1. The van der Waals surface area contributed by atoms with E-state index in [-0.39, 0.29) is 41.7 Å². The normalized spacial score (nSPS) is 15.5. The maximum atomic E-state index is 14.0. The predicted octanol–water partition coefficient (Wildman–Crippen LogP) is 3.77. The number of halogens is 3. The van der Waals surface area contributed by atoms with Crippen molar-refractivity contribution in [1.29, 1.82) is 5.26 Å². The molecule has 1 aliphatic rings. The standard InChI is InChI=1S/C20H21F2N3O3S.ClH/c1-14(2)24-7-9-25(10-8-24)29(26,27)20-11-15(13-23)3-6-18(20)28-19-12-16(21)4-5-17(19)22;/h3-6,11-12,14H,7-10H2,1-2H3;1H. The molecule has 2 aromatic carbocycles. The second-order valence-corrected chi connectivity index (χ2v) is 8.89. The fraction of sp³-hybridized carbons (Fsp3) is 0.350. The van der Waals surface area contributed by atoms with E-state index < -0.39 is 27.4 Å². The van der Waals surface area contributed by atoms with E-state index in [9.17, 15) is 22.5 Å². The Bertz CT molecular complexity index is 1050. The maximum Gasteiger partial charge on any atom is 0.246 e. The first-order valence-corrected chi connectivity index (χ1v) is 10.6. The minimum Gasteiger partial charge on any atom is -0.453 e. The summed E-state index contributed by atoms with van der Waals surface area (Å²) in [5, 5.41) is 9.18. The molecular formula is C20H22ClF2N3O3S. The molecule has 0 saturated carbocycles. The highest BCUT2D eigenvalue weighted by Crippen LogP contribution is 2.33. The Morgan fingerprint density at radius 2 is 1.70 bits per heavy atom. The molecule has 0 unspecified atom stereocenters. The summed E-state index contributed by atoms with van der Waals surface area (Å²) >= 11 is 0. The van der Waals surface area contributed by atoms with E-state index in [1.54, 1.807) is 0 Å². The molecule has 1 heterocycles. The number of hydrogen-bond donors (Lipinski definition) is 0. The van der Waals surface area contributed by atoms with Gasteiger partial charge in [0.1, 0.15) is 16.5 Å². The summed E-state index contributed by atoms with van der Waals surface area (Å²) in [4.78, 5) is 1.91. The number of rotatable bonds is 5. The van der Waals surface area contributed by atoms with Crippen LogP contribution in [0, 0.1) is 23.0 Å². The van der Waals surface area contributed by atoms with Gasteiger partial charge in [0.2, 0.25) is 10.0 Å². The Kier molecular flexibility index (Phi) is 7.77. The van der Waals surface area contributed by atoms with Crippen LogP contribution in [0.5, 0.6) is 11.5 Å². The topological polar surface area (TPSA) is 73.6 Å². The lowest BCUT2D eigenvalue weighted by Crippen LogP contribution is -2.50. The van der Waals surface area contributed by atoms with Crippen molar-refractivity contribution in [2.75, 3.05) is 26.2 Å². The maximum absolute atomic E-state index is 14.0. The molecular weight excluding hydrogens is 436 g/mol. The van der Waals surface area contributed by atoms with Crippen molar-refractivity contribution in [2.45, 2.75) is 24.8 Å². The van der Waals surface area contributed by atoms with E-state index in [1.807, 2.05) is 19.9 Å². The molecule has 0 N–H and O–H groups in total. The molecule has 3 rings (SSSR count). The van der Waals surface area contributed by atoms with Crippen LogP contribution in [0.4, 0.5) is 8.78 Å². The van der Waals surface area contributed by atoms with E-state index in [4.69, 9.17) is 4.74 Å². The highest BCUT2D eigenvalue weighted by atomic mass is 35.5. The van der Waals surface area contributed by atoms with Crippen LogP contribution in [0.1, 0.15) is 19.4 Å². The van der Waals surface area contributed by atoms with Crippen molar-refractivity contribution in [2.24, 2.45) is 0 Å². The van der Waals surface area contributed by atoms with Crippen LogP contribution in [-0.4, -0.2) is 49.8 Å². The first-order valence-electron chi connectivity index (χ1n) is 9.13. The largest absolute Gasteiger partial charge is 0.453 e. The van der Waals surface area contributed by atoms with Gasteiger partial charge in [0, 0.05) is 38.3 Å². The molecule has 0 spiro atoms. The number of sulfonamides is 1. The Morgan fingerprint density at radius 3 is 2.30 bits per heavy atom. The summed E-state index contributed by atoms with van der Waals surface area (Å²) < 4.78 is 60.7. The van der Waals surface area contributed by atoms with E-state index in [0.29, 0.717) is 19.1 Å². The molecule has 0 aromatic heterocycles. The van der Waals surface area contributed by atoms with Gasteiger partial charge in [0.25, 0.3) is 0 Å². The van der Waals surface area contributed by atoms with Crippen LogP contribution in [0.2, 0.25) is 0 Å². The van der Waals surface area contributed by atoms with Crippen LogP contribution in [0.25, 0.3) is 0 Å². The van der Waals surface area contributed by atoms with Crippen molar-refractivity contribution in [3.05, 3.63) is 53.6 Å². The second-order valence-electron chi connectivity index (χ2n) is 6.98. The summed E-state index contributed by atoms with van der Waals surface area (Å²) in [7, 11) is -4.00. The fourth-order valence-corrected chi connectivity index (χ4v) is 4.70. The van der Waals surface area contributed by atoms with Crippen LogP contribution >= 0.6 is 12.4 Å². The van der Waals surface area contributed by atoms with E-state index >= 15 is 0 Å². The zero-order chi connectivity index (χ0) is 21.2. The number of hydrogen-bond acceptors (Lipinski definition) is 5. The third kappa shape index (κ3) is 5.08. The van der Waals surface area contributed by atoms with Gasteiger partial charge in [-0.2, -0.15) is 9.57 Å². The Morgan fingerprint density at radius 1 is 1.03 bits per heavy atom. The molecule has 10 heteroatoms. The van der Waals surface area contributed by atoms with Crippen molar-refractivity contribution in [3.8, 4) is 17.6 Å². The summed E-state index contributed by atoms with van der Waals surface area (Å²) in [5.41, 5.74) is 0.122. The number of nitriles is 1. The highest BCUT2D eigenvalue weighted by molar-refractivity contribution is 7.89. The second kappa shape index (κ2) is 9.71. The van der Waals surface area contributed by atoms with Gasteiger partial charge < -0.3 is 4.74 Å². The van der Waals surface area contributed by atoms with E-state index in [2.05, 4.69) is 4.90 Å². The van der Waals surface area contributed by atoms with Crippen molar-refractivity contribution >= 4 is 22.4 Å². The Balaban J connectivity index is 0.00000320. The zero-order valence-electron chi connectivity index (χ0n) is 16.5. The molecule has 1 aliphatic heterocycles. The van der Waals surface area contributed by atoms with Crippen molar-refractivity contribution < 1.29 is 21.9 Å². The number of ether oxygens (including phenoxy) is 1. The molecule has 2 aromatic rings. The van der Waals surface area contributed by atoms with Gasteiger partial charge in [-0.3, -0.25) is 4.90 Å². The summed E-state index contributed by atoms with van der Waals surface area (Å²) in [5.74, 6) is -2.15. The van der Waals surface area contributed by atoms with Crippen LogP contribution in [0.3, 0.4) is 0 Å². The SMILES string of the molecule is CC(C)N1CCN(S(=O)(=O)c2cc(C#N)ccc2Oc2cc(F)ccc2F)CC1.Cl. The quantitative estimate of drug-likeness (QED) is 0.683. The zero-order valence-corrected chi connectivity index (χ0v) is 18.1. The molecule has 6 nitrogen and oxygen atoms in total. The fourth-order valence-electron chi connectivity index (χ4n) is 3.14. The van der Waals surface area contributed by atoms with Gasteiger partial charge in [0.15, 0.2) is 11.6 Å². The molecule has 30 heavy (non-hydrogen) atoms. The molecule has 162 valence electrons. The third-order valence-corrected chi connectivity index (χ3v) is 6.73. The third-order valence-electron chi connectivity index (χ3n) is 4.81. The van der Waals surface area contributed by atoms with E-state index in [1.165, 1.54) is 22.5 Å². The van der Waals surface area contributed by atoms with Gasteiger partial charge in [-0.25, -0.2) is 17.2 Å². The van der Waals surface area contributed by atoms with Crippen molar-refractivity contribution in [1.82, 2.24) is 9.21 Å². The predicted molar refractivity (Wildman–Crippen MR) is 110 cm³/mol. The first kappa shape index (κ1) is 24.0. The van der Waals surface area contributed by atoms with Crippen LogP contribution in [0.15, 0.2) is 41.3 Å². The molecule has 0 bridgehead atoms. The first-order chi connectivity index (χ1) is 13.7. The molecule has 0 aliphatic carbocycles. The summed E-state index contributed by atoms with van der Waals surface area (Å²) in [6.07, 6.45) is 0. The average molecular weight is 458 g/mol. The minimum atomic E-state index is -4.00. The van der Waals surface area contributed by atoms with E-state index in [0.717, 1.165) is 18.2 Å². The lowest BCUT2D eigenvalue weighted by molar-refractivity contribution is 0.154. The number of nitrogens with zero attached hydrogens (tertiary/aromatic N) is 3. The lowest BCUT2D eigenvalue weighted by atomic mass is 10.2. The van der Waals surface area contributed by atoms with Crippen LogP contribution < -0.4 is 4.74 Å². The molecule has 1 fully saturated rings. The highest BCUT2D eigenvalue weighted by Gasteiger charge is 2.32. The Labute approximate surface area is 181 Å². The Hall–Kier alpha value is -2.25. The lowest BCUT2D eigenvalue weighted by Gasteiger charge is -2.36. The summed E-state index contributed by atoms with van der Waals surface area (Å²) in [6.45, 7) is 5.79. The molecule has 0 radical (unpaired) electrons. The minimum absolute atomic E-state index is 0. The van der Waals surface area contributed by atoms with Crippen LogP contribution in [-0.2, 0) is 10.0 Å². The summed E-state index contributed by atoms with van der Waals surface area (Å²) in [6, 6.07) is 8.70. The molecule has 0 amide bonds. The molecule has 1 saturated heterocycles. The van der Waals surface area contributed by atoms with Crippen molar-refractivity contribution in [3.63, 3.8) is 0 Å². The smallest absolute Gasteiger partial charge is 0.246 e. The molecule has 0 atom stereocenters. The number of benzene rings is 2. The van der Waals surface area contributed by atoms with Gasteiger partial charge in [-0.15, -0.1) is 12.4 Å².